The Morgan fingerprint density at radius 3 is 1.79 bits per heavy atom. The van der Waals surface area contributed by atoms with Gasteiger partial charge in [-0.15, -0.1) is 0 Å². The van der Waals surface area contributed by atoms with Crippen molar-refractivity contribution in [2.24, 2.45) is 0 Å². The van der Waals surface area contributed by atoms with Gasteiger partial charge >= 0.3 is 0 Å². The number of nitrogens with zero attached hydrogens (tertiary/aromatic N) is 3. The Morgan fingerprint density at radius 2 is 1.00 bits per heavy atom. The average molecular weight is 636 g/mol. The molecule has 4 nitrogen and oxygen atoms in total. The van der Waals surface area contributed by atoms with Crippen molar-refractivity contribution in [1.82, 2.24) is 15.0 Å². The molecule has 5 heteroatoms. The molecule has 0 atom stereocenters. The molecule has 0 saturated heterocycles. The van der Waals surface area contributed by atoms with Gasteiger partial charge in [-0.1, -0.05) is 133 Å². The second-order valence-electron chi connectivity index (χ2n) is 11.8. The lowest BCUT2D eigenvalue weighted by atomic mass is 9.92. The third-order valence-electron chi connectivity index (χ3n) is 8.75. The number of hydrogen-bond acceptors (Lipinski definition) is 4. The van der Waals surface area contributed by atoms with E-state index in [9.17, 15) is 0 Å². The highest BCUT2D eigenvalue weighted by Gasteiger charge is 2.19. The van der Waals surface area contributed by atoms with Crippen molar-refractivity contribution in [3.63, 3.8) is 0 Å². The van der Waals surface area contributed by atoms with Gasteiger partial charge in [-0.05, 0) is 63.4 Å². The zero-order chi connectivity index (χ0) is 32.0. The highest BCUT2D eigenvalue weighted by molar-refractivity contribution is 6.32. The van der Waals surface area contributed by atoms with Gasteiger partial charge < -0.3 is 4.42 Å². The number of fused-ring (bicyclic) bond motifs is 4. The first-order valence-corrected chi connectivity index (χ1v) is 16.2. The minimum absolute atomic E-state index is 0.589. The van der Waals surface area contributed by atoms with E-state index < -0.39 is 0 Å². The zero-order valence-electron chi connectivity index (χ0n) is 25.6. The quantitative estimate of drug-likeness (QED) is 0.189. The fourth-order valence-electron chi connectivity index (χ4n) is 6.51. The van der Waals surface area contributed by atoms with Crippen LogP contribution in [0.1, 0.15) is 0 Å². The van der Waals surface area contributed by atoms with Crippen LogP contribution in [0.4, 0.5) is 0 Å². The van der Waals surface area contributed by atoms with Crippen LogP contribution in [0.3, 0.4) is 0 Å². The van der Waals surface area contributed by atoms with Crippen molar-refractivity contribution in [2.45, 2.75) is 0 Å². The number of hydrogen-bond donors (Lipinski definition) is 0. The highest BCUT2D eigenvalue weighted by atomic mass is 35.5. The topological polar surface area (TPSA) is 51.8 Å². The summed E-state index contributed by atoms with van der Waals surface area (Å²) >= 11 is 6.75. The lowest BCUT2D eigenvalue weighted by molar-refractivity contribution is 0.669. The van der Waals surface area contributed by atoms with Gasteiger partial charge in [0.1, 0.15) is 11.2 Å². The first-order valence-electron chi connectivity index (χ1n) is 15.8. The van der Waals surface area contributed by atoms with E-state index in [2.05, 4.69) is 78.9 Å². The average Bonchev–Trinajstić information content (AvgIpc) is 3.53. The van der Waals surface area contributed by atoms with Crippen LogP contribution < -0.4 is 0 Å². The maximum absolute atomic E-state index is 6.75. The molecule has 48 heavy (non-hydrogen) atoms. The molecule has 0 radical (unpaired) electrons. The van der Waals surface area contributed by atoms with Crippen molar-refractivity contribution in [1.29, 1.82) is 0 Å². The second kappa shape index (κ2) is 11.6. The summed E-state index contributed by atoms with van der Waals surface area (Å²) in [6, 6.07) is 53.5. The summed E-state index contributed by atoms with van der Waals surface area (Å²) in [5.74, 6) is 1.81. The molecule has 0 aliphatic heterocycles. The number of benzene rings is 7. The molecule has 0 fully saturated rings. The molecule has 0 aliphatic carbocycles. The smallest absolute Gasteiger partial charge is 0.164 e. The SMILES string of the molecule is Clc1cc(-c2cc(-c3nc(-c4ccccc4)nc(-c4cccc(-c5ccccc5)c4)n3)cc3ccccc23)c2c(c1)oc1ccccc12. The molecule has 0 saturated carbocycles. The first kappa shape index (κ1) is 28.1. The van der Waals surface area contributed by atoms with E-state index >= 15 is 0 Å². The van der Waals surface area contributed by atoms with Crippen LogP contribution in [0.25, 0.3) is 89.1 Å². The van der Waals surface area contributed by atoms with Crippen LogP contribution in [0, 0.1) is 0 Å². The molecule has 9 rings (SSSR count). The van der Waals surface area contributed by atoms with Gasteiger partial charge in [-0.3, -0.25) is 0 Å². The standard InChI is InChI=1S/C43H26ClN3O/c44-33-25-37(40-35-20-9-10-21-38(35)48-39(40)26-33)36-24-32(23-30-16-7-8-19-34(30)36)43-46-41(28-14-5-2-6-15-28)45-42(47-43)31-18-11-17-29(22-31)27-12-3-1-4-13-27/h1-26H. The summed E-state index contributed by atoms with van der Waals surface area (Å²) in [5, 5.41) is 4.85. The minimum Gasteiger partial charge on any atom is -0.456 e. The Labute approximate surface area is 282 Å². The van der Waals surface area contributed by atoms with Crippen molar-refractivity contribution >= 4 is 44.3 Å². The normalized spacial score (nSPS) is 11.4. The largest absolute Gasteiger partial charge is 0.456 e. The fourth-order valence-corrected chi connectivity index (χ4v) is 6.72. The molecule has 0 spiro atoms. The van der Waals surface area contributed by atoms with Gasteiger partial charge in [0.25, 0.3) is 0 Å². The Morgan fingerprint density at radius 1 is 0.396 bits per heavy atom. The maximum Gasteiger partial charge on any atom is 0.164 e. The van der Waals surface area contributed by atoms with E-state index in [1.807, 2.05) is 78.9 Å². The van der Waals surface area contributed by atoms with Crippen molar-refractivity contribution < 1.29 is 4.42 Å². The predicted molar refractivity (Wildman–Crippen MR) is 197 cm³/mol. The molecule has 2 heterocycles. The molecule has 0 bridgehead atoms. The number of rotatable bonds is 5. The van der Waals surface area contributed by atoms with Crippen LogP contribution in [-0.2, 0) is 0 Å². The van der Waals surface area contributed by atoms with E-state index in [4.69, 9.17) is 31.0 Å². The van der Waals surface area contributed by atoms with Crippen molar-refractivity contribution in [3.8, 4) is 56.4 Å². The highest BCUT2D eigenvalue weighted by Crippen LogP contribution is 2.42. The molecule has 9 aromatic rings. The fraction of sp³-hybridized carbons (Fsp3) is 0. The van der Waals surface area contributed by atoms with Crippen molar-refractivity contribution in [2.75, 3.05) is 0 Å². The van der Waals surface area contributed by atoms with Crippen molar-refractivity contribution in [3.05, 3.63) is 163 Å². The van der Waals surface area contributed by atoms with Gasteiger partial charge in [-0.25, -0.2) is 15.0 Å². The molecule has 7 aromatic carbocycles. The molecule has 0 N–H and O–H groups in total. The Balaban J connectivity index is 1.29. The Bertz CT molecular complexity index is 2630. The molecule has 0 unspecified atom stereocenters. The van der Waals surface area contributed by atoms with Crippen LogP contribution >= 0.6 is 11.6 Å². The van der Waals surface area contributed by atoms with Gasteiger partial charge in [-0.2, -0.15) is 0 Å². The Kier molecular flexibility index (Phi) is 6.81. The second-order valence-corrected chi connectivity index (χ2v) is 12.2. The predicted octanol–water partition coefficient (Wildman–Crippen LogP) is 11.9. The monoisotopic (exact) mass is 635 g/mol. The number of aromatic nitrogens is 3. The van der Waals surface area contributed by atoms with Gasteiger partial charge in [0.05, 0.1) is 0 Å². The third kappa shape index (κ3) is 5.00. The molecule has 2 aromatic heterocycles. The van der Waals surface area contributed by atoms with E-state index in [0.29, 0.717) is 22.5 Å². The summed E-state index contributed by atoms with van der Waals surface area (Å²) in [5.41, 5.74) is 8.54. The van der Waals surface area contributed by atoms with Crippen LogP contribution in [-0.4, -0.2) is 15.0 Å². The van der Waals surface area contributed by atoms with Crippen LogP contribution in [0.15, 0.2) is 162 Å². The lowest BCUT2D eigenvalue weighted by Crippen LogP contribution is -2.00. The number of furan rings is 1. The minimum atomic E-state index is 0.589. The zero-order valence-corrected chi connectivity index (χ0v) is 26.4. The van der Waals surface area contributed by atoms with Crippen LogP contribution in [0.5, 0.6) is 0 Å². The molecule has 226 valence electrons. The third-order valence-corrected chi connectivity index (χ3v) is 8.97. The summed E-state index contributed by atoms with van der Waals surface area (Å²) < 4.78 is 6.28. The van der Waals surface area contributed by atoms with Gasteiger partial charge in [0.2, 0.25) is 0 Å². The Hall–Kier alpha value is -6.10. The van der Waals surface area contributed by atoms with E-state index in [-0.39, 0.29) is 0 Å². The molecular weight excluding hydrogens is 610 g/mol. The summed E-state index contributed by atoms with van der Waals surface area (Å²) in [6.45, 7) is 0. The van der Waals surface area contributed by atoms with E-state index in [1.54, 1.807) is 0 Å². The molecular formula is C43H26ClN3O. The van der Waals surface area contributed by atoms with Gasteiger partial charge in [0, 0.05) is 38.6 Å². The maximum atomic E-state index is 6.75. The number of para-hydroxylation sites is 1. The van der Waals surface area contributed by atoms with Gasteiger partial charge in [0.15, 0.2) is 17.5 Å². The lowest BCUT2D eigenvalue weighted by Gasteiger charge is -2.14. The summed E-state index contributed by atoms with van der Waals surface area (Å²) in [6.07, 6.45) is 0. The van der Waals surface area contributed by atoms with Crippen LogP contribution in [0.2, 0.25) is 5.02 Å². The van der Waals surface area contributed by atoms with E-state index in [0.717, 1.165) is 71.7 Å². The van der Waals surface area contributed by atoms with E-state index in [1.165, 1.54) is 0 Å². The number of halogens is 1. The first-order chi connectivity index (χ1) is 23.7. The summed E-state index contributed by atoms with van der Waals surface area (Å²) in [4.78, 5) is 15.2. The molecule has 0 aliphatic rings. The summed E-state index contributed by atoms with van der Waals surface area (Å²) in [7, 11) is 0. The molecule has 0 amide bonds.